The number of guanidine groups is 1. The molecule has 0 spiro atoms. The number of ether oxygens (including phenoxy) is 1. The third kappa shape index (κ3) is 8.61. The van der Waals surface area contributed by atoms with Crippen LogP contribution >= 0.6 is 0 Å². The molecular formula is C23H39N5O2. The van der Waals surface area contributed by atoms with Crippen molar-refractivity contribution < 1.29 is 9.53 Å². The average molecular weight is 418 g/mol. The number of benzene rings is 1. The number of rotatable bonds is 9. The molecule has 0 radical (unpaired) electrons. The first-order valence-electron chi connectivity index (χ1n) is 10.9. The summed E-state index contributed by atoms with van der Waals surface area (Å²) in [7, 11) is 3.55. The van der Waals surface area contributed by atoms with Gasteiger partial charge in [-0.1, -0.05) is 31.2 Å². The fourth-order valence-electron chi connectivity index (χ4n) is 3.20. The van der Waals surface area contributed by atoms with Gasteiger partial charge < -0.3 is 20.3 Å². The van der Waals surface area contributed by atoms with Crippen LogP contribution in [0.3, 0.4) is 0 Å². The summed E-state index contributed by atoms with van der Waals surface area (Å²) in [6.07, 6.45) is 2.36. The van der Waals surface area contributed by atoms with Crippen LogP contribution in [-0.2, 0) is 17.8 Å². The van der Waals surface area contributed by atoms with Crippen LogP contribution in [-0.4, -0.2) is 67.2 Å². The third-order valence-electron chi connectivity index (χ3n) is 4.99. The molecule has 0 bridgehead atoms. The van der Waals surface area contributed by atoms with E-state index in [1.54, 1.807) is 19.0 Å². The smallest absolute Gasteiger partial charge is 0.410 e. The van der Waals surface area contributed by atoms with Crippen LogP contribution in [0.15, 0.2) is 29.3 Å². The third-order valence-corrected chi connectivity index (χ3v) is 4.99. The Morgan fingerprint density at radius 2 is 1.80 bits per heavy atom. The number of amides is 1. The lowest BCUT2D eigenvalue weighted by Crippen LogP contribution is -2.41. The van der Waals surface area contributed by atoms with E-state index < -0.39 is 5.60 Å². The summed E-state index contributed by atoms with van der Waals surface area (Å²) >= 11 is 0. The fraction of sp³-hybridized carbons (Fsp3) is 0.652. The molecule has 0 atom stereocenters. The molecule has 1 aliphatic carbocycles. The standard InChI is InChI=1S/C23H39N5O2/c1-7-28(20-12-13-20)15-14-25-21(24-5)26-16-18-8-10-19(11-9-18)17-27(6)22(29)30-23(2,3)4/h8-11,20H,7,12-17H2,1-6H3,(H2,24,25,26). The van der Waals surface area contributed by atoms with E-state index in [1.807, 2.05) is 32.9 Å². The summed E-state index contributed by atoms with van der Waals surface area (Å²) in [4.78, 5) is 20.5. The van der Waals surface area contributed by atoms with Crippen LogP contribution in [0.25, 0.3) is 0 Å². The van der Waals surface area contributed by atoms with E-state index in [2.05, 4.69) is 39.6 Å². The second-order valence-electron chi connectivity index (χ2n) is 8.87. The second kappa shape index (κ2) is 11.2. The first-order chi connectivity index (χ1) is 14.2. The molecule has 1 aromatic carbocycles. The Morgan fingerprint density at radius 3 is 2.33 bits per heavy atom. The summed E-state index contributed by atoms with van der Waals surface area (Å²) in [5.41, 5.74) is 1.74. The van der Waals surface area contributed by atoms with Crippen LogP contribution in [0, 0.1) is 0 Å². The molecule has 0 saturated heterocycles. The molecule has 1 saturated carbocycles. The predicted molar refractivity (Wildman–Crippen MR) is 123 cm³/mol. The SMILES string of the molecule is CCN(CCNC(=NC)NCc1ccc(CN(C)C(=O)OC(C)(C)C)cc1)C1CC1. The molecule has 2 rings (SSSR count). The van der Waals surface area contributed by atoms with Crippen LogP contribution in [0.2, 0.25) is 0 Å². The zero-order chi connectivity index (χ0) is 22.1. The normalized spacial score (nSPS) is 14.6. The average Bonchev–Trinajstić information content (AvgIpc) is 3.52. The molecule has 0 unspecified atom stereocenters. The summed E-state index contributed by atoms with van der Waals surface area (Å²) in [5.74, 6) is 0.815. The van der Waals surface area contributed by atoms with Gasteiger partial charge in [0.2, 0.25) is 0 Å². The second-order valence-corrected chi connectivity index (χ2v) is 8.87. The molecule has 7 heteroatoms. The van der Waals surface area contributed by atoms with Crippen molar-refractivity contribution in [1.82, 2.24) is 20.4 Å². The number of carbonyl (C=O) groups excluding carboxylic acids is 1. The van der Waals surface area contributed by atoms with Gasteiger partial charge in [-0.25, -0.2) is 4.79 Å². The molecule has 1 aromatic rings. The van der Waals surface area contributed by atoms with E-state index >= 15 is 0 Å². The number of aliphatic imine (C=N–C) groups is 1. The number of hydrogen-bond donors (Lipinski definition) is 2. The molecular weight excluding hydrogens is 378 g/mol. The van der Waals surface area contributed by atoms with Crippen molar-refractivity contribution in [3.8, 4) is 0 Å². The zero-order valence-electron chi connectivity index (χ0n) is 19.5. The Hall–Kier alpha value is -2.28. The highest BCUT2D eigenvalue weighted by Gasteiger charge is 2.27. The molecule has 1 fully saturated rings. The summed E-state index contributed by atoms with van der Waals surface area (Å²) in [6.45, 7) is 12.1. The van der Waals surface area contributed by atoms with E-state index in [-0.39, 0.29) is 6.09 Å². The maximum Gasteiger partial charge on any atom is 0.410 e. The Balaban J connectivity index is 1.74. The molecule has 7 nitrogen and oxygen atoms in total. The van der Waals surface area contributed by atoms with Crippen molar-refractivity contribution in [2.75, 3.05) is 33.7 Å². The van der Waals surface area contributed by atoms with Gasteiger partial charge in [0.1, 0.15) is 5.60 Å². The number of nitrogens with zero attached hydrogens (tertiary/aromatic N) is 3. The van der Waals surface area contributed by atoms with Gasteiger partial charge in [0.15, 0.2) is 5.96 Å². The van der Waals surface area contributed by atoms with E-state index in [0.717, 1.165) is 42.8 Å². The Labute approximate surface area is 181 Å². The Bertz CT molecular complexity index is 693. The summed E-state index contributed by atoms with van der Waals surface area (Å²) in [5, 5.41) is 6.76. The van der Waals surface area contributed by atoms with Crippen LogP contribution in [0.4, 0.5) is 4.79 Å². The molecule has 30 heavy (non-hydrogen) atoms. The van der Waals surface area contributed by atoms with Crippen LogP contribution in [0.5, 0.6) is 0 Å². The van der Waals surface area contributed by atoms with E-state index in [9.17, 15) is 4.79 Å². The highest BCUT2D eigenvalue weighted by atomic mass is 16.6. The number of likely N-dealkylation sites (N-methyl/N-ethyl adjacent to an activating group) is 1. The van der Waals surface area contributed by atoms with E-state index in [4.69, 9.17) is 4.74 Å². The van der Waals surface area contributed by atoms with Gasteiger partial charge in [0.25, 0.3) is 0 Å². The minimum atomic E-state index is -0.486. The highest BCUT2D eigenvalue weighted by molar-refractivity contribution is 5.79. The molecule has 0 aliphatic heterocycles. The van der Waals surface area contributed by atoms with Crippen molar-refractivity contribution in [3.63, 3.8) is 0 Å². The Morgan fingerprint density at radius 1 is 1.17 bits per heavy atom. The van der Waals surface area contributed by atoms with Crippen LogP contribution < -0.4 is 10.6 Å². The number of hydrogen-bond acceptors (Lipinski definition) is 4. The molecule has 0 aromatic heterocycles. The maximum absolute atomic E-state index is 12.1. The maximum atomic E-state index is 12.1. The lowest BCUT2D eigenvalue weighted by molar-refractivity contribution is 0.0285. The lowest BCUT2D eigenvalue weighted by atomic mass is 10.1. The van der Waals surface area contributed by atoms with Crippen molar-refractivity contribution in [3.05, 3.63) is 35.4 Å². The van der Waals surface area contributed by atoms with Crippen molar-refractivity contribution in [2.24, 2.45) is 4.99 Å². The topological polar surface area (TPSA) is 69.2 Å². The fourth-order valence-corrected chi connectivity index (χ4v) is 3.20. The summed E-state index contributed by atoms with van der Waals surface area (Å²) in [6, 6.07) is 9.03. The largest absolute Gasteiger partial charge is 0.444 e. The molecule has 168 valence electrons. The molecule has 1 amide bonds. The zero-order valence-corrected chi connectivity index (χ0v) is 19.5. The van der Waals surface area contributed by atoms with Crippen LogP contribution in [0.1, 0.15) is 51.7 Å². The summed E-state index contributed by atoms with van der Waals surface area (Å²) < 4.78 is 5.40. The Kier molecular flexibility index (Phi) is 8.96. The van der Waals surface area contributed by atoms with Gasteiger partial charge in [-0.3, -0.25) is 9.89 Å². The van der Waals surface area contributed by atoms with Gasteiger partial charge in [0, 0.05) is 46.3 Å². The molecule has 2 N–H and O–H groups in total. The van der Waals surface area contributed by atoms with Crippen molar-refractivity contribution in [1.29, 1.82) is 0 Å². The number of nitrogens with one attached hydrogen (secondary N) is 2. The van der Waals surface area contributed by atoms with Gasteiger partial charge in [-0.05, 0) is 51.3 Å². The first kappa shape index (κ1) is 24.0. The predicted octanol–water partition coefficient (Wildman–Crippen LogP) is 3.20. The molecule has 0 heterocycles. The van der Waals surface area contributed by atoms with E-state index in [0.29, 0.717) is 13.1 Å². The first-order valence-corrected chi connectivity index (χ1v) is 10.9. The lowest BCUT2D eigenvalue weighted by Gasteiger charge is -2.24. The van der Waals surface area contributed by atoms with E-state index in [1.165, 1.54) is 12.8 Å². The van der Waals surface area contributed by atoms with Crippen molar-refractivity contribution in [2.45, 2.75) is 65.3 Å². The van der Waals surface area contributed by atoms with Gasteiger partial charge in [0.05, 0.1) is 0 Å². The minimum absolute atomic E-state index is 0.313. The van der Waals surface area contributed by atoms with Crippen molar-refractivity contribution >= 4 is 12.1 Å². The van der Waals surface area contributed by atoms with Gasteiger partial charge in [-0.2, -0.15) is 0 Å². The highest BCUT2D eigenvalue weighted by Crippen LogP contribution is 2.25. The monoisotopic (exact) mass is 417 g/mol. The minimum Gasteiger partial charge on any atom is -0.444 e. The molecule has 1 aliphatic rings. The quantitative estimate of drug-likeness (QED) is 0.477. The van der Waals surface area contributed by atoms with Gasteiger partial charge >= 0.3 is 6.09 Å². The van der Waals surface area contributed by atoms with Gasteiger partial charge in [-0.15, -0.1) is 0 Å². The number of carbonyl (C=O) groups is 1.